The van der Waals surface area contributed by atoms with Crippen molar-refractivity contribution < 1.29 is 4.79 Å². The first kappa shape index (κ1) is 19.3. The van der Waals surface area contributed by atoms with E-state index in [1.54, 1.807) is 6.92 Å². The average Bonchev–Trinajstić information content (AvgIpc) is 2.69. The Morgan fingerprint density at radius 1 is 1.33 bits per heavy atom. The smallest absolute Gasteiger partial charge is 0.254 e. The molecule has 6 nitrogen and oxygen atoms in total. The van der Waals surface area contributed by atoms with Gasteiger partial charge in [0.25, 0.3) is 5.56 Å². The second-order valence-corrected chi connectivity index (χ2v) is 7.35. The molecule has 1 aliphatic rings. The number of likely N-dealkylation sites (N-methyl/N-ethyl adjacent to an activating group) is 1. The minimum atomic E-state index is -0.218. The Balaban J connectivity index is 1.54. The highest BCUT2D eigenvalue weighted by atomic mass is 16.2. The number of nitrogens with zero attached hydrogens (tertiary/aromatic N) is 3. The fraction of sp³-hybridized carbons (Fsp3) is 0.476. The molecule has 1 N–H and O–H groups in total. The van der Waals surface area contributed by atoms with E-state index in [4.69, 9.17) is 0 Å². The number of hydrogen-bond acceptors (Lipinski definition) is 4. The van der Waals surface area contributed by atoms with Gasteiger partial charge in [0, 0.05) is 37.4 Å². The first-order valence-corrected chi connectivity index (χ1v) is 9.59. The van der Waals surface area contributed by atoms with E-state index in [9.17, 15) is 9.59 Å². The normalized spacial score (nSPS) is 17.3. The van der Waals surface area contributed by atoms with Crippen molar-refractivity contribution in [2.75, 3.05) is 26.7 Å². The van der Waals surface area contributed by atoms with Crippen LogP contribution in [-0.2, 0) is 17.6 Å². The number of carbonyl (C=O) groups is 1. The third-order valence-corrected chi connectivity index (χ3v) is 5.31. The largest absolute Gasteiger partial charge is 0.341 e. The van der Waals surface area contributed by atoms with Gasteiger partial charge in [-0.2, -0.15) is 0 Å². The van der Waals surface area contributed by atoms with E-state index in [-0.39, 0.29) is 17.9 Å². The molecule has 144 valence electrons. The maximum Gasteiger partial charge on any atom is 0.254 e. The van der Waals surface area contributed by atoms with Gasteiger partial charge >= 0.3 is 0 Å². The highest BCUT2D eigenvalue weighted by Crippen LogP contribution is 2.16. The van der Waals surface area contributed by atoms with E-state index in [1.807, 2.05) is 11.0 Å². The molecule has 27 heavy (non-hydrogen) atoms. The fourth-order valence-corrected chi connectivity index (χ4v) is 3.58. The lowest BCUT2D eigenvalue weighted by Crippen LogP contribution is -2.49. The number of likely N-dealkylation sites (tertiary alicyclic amines) is 1. The molecule has 0 saturated carbocycles. The number of rotatable bonds is 6. The predicted octanol–water partition coefficient (Wildman–Crippen LogP) is 1.79. The molecular weight excluding hydrogens is 340 g/mol. The molecule has 6 heteroatoms. The molecule has 0 spiro atoms. The van der Waals surface area contributed by atoms with Gasteiger partial charge < -0.3 is 14.8 Å². The summed E-state index contributed by atoms with van der Waals surface area (Å²) in [4.78, 5) is 35.7. The van der Waals surface area contributed by atoms with E-state index in [1.165, 1.54) is 11.8 Å². The highest BCUT2D eigenvalue weighted by Gasteiger charge is 2.26. The Labute approximate surface area is 160 Å². The zero-order chi connectivity index (χ0) is 19.2. The van der Waals surface area contributed by atoms with Crippen molar-refractivity contribution in [2.45, 2.75) is 38.6 Å². The third kappa shape index (κ3) is 5.26. The van der Waals surface area contributed by atoms with Crippen LogP contribution in [0.4, 0.5) is 0 Å². The minimum absolute atomic E-state index is 0.00677. The van der Waals surface area contributed by atoms with Crippen LogP contribution >= 0.6 is 0 Å². The number of aryl methyl sites for hydroxylation is 1. The predicted molar refractivity (Wildman–Crippen MR) is 106 cm³/mol. The zero-order valence-electron chi connectivity index (χ0n) is 16.1. The molecule has 0 aliphatic carbocycles. The molecule has 0 bridgehead atoms. The van der Waals surface area contributed by atoms with Gasteiger partial charge in [-0.1, -0.05) is 30.3 Å². The molecule has 1 aromatic heterocycles. The molecule has 1 aromatic carbocycles. The maximum atomic E-state index is 12.7. The molecule has 3 rings (SSSR count). The van der Waals surface area contributed by atoms with Crippen molar-refractivity contribution in [3.8, 4) is 0 Å². The van der Waals surface area contributed by atoms with Gasteiger partial charge in [0.15, 0.2) is 0 Å². The zero-order valence-corrected chi connectivity index (χ0v) is 16.1. The fourth-order valence-electron chi connectivity index (χ4n) is 3.58. The Morgan fingerprint density at radius 3 is 2.85 bits per heavy atom. The summed E-state index contributed by atoms with van der Waals surface area (Å²) in [5, 5.41) is 0. The lowest BCUT2D eigenvalue weighted by atomic mass is 10.0. The summed E-state index contributed by atoms with van der Waals surface area (Å²) >= 11 is 0. The minimum Gasteiger partial charge on any atom is -0.341 e. The Kier molecular flexibility index (Phi) is 6.40. The van der Waals surface area contributed by atoms with E-state index in [2.05, 4.69) is 46.2 Å². The van der Waals surface area contributed by atoms with Crippen molar-refractivity contribution in [3.05, 3.63) is 63.8 Å². The number of hydrogen-bond donors (Lipinski definition) is 1. The van der Waals surface area contributed by atoms with Crippen molar-refractivity contribution in [1.82, 2.24) is 19.8 Å². The number of benzene rings is 1. The molecular formula is C21H28N4O2. The molecule has 1 aliphatic heterocycles. The van der Waals surface area contributed by atoms with Crippen LogP contribution in [0.5, 0.6) is 0 Å². The van der Waals surface area contributed by atoms with Crippen LogP contribution in [0.25, 0.3) is 0 Å². The van der Waals surface area contributed by atoms with Crippen LogP contribution in [0.2, 0.25) is 0 Å². The van der Waals surface area contributed by atoms with E-state index in [0.29, 0.717) is 17.4 Å². The summed E-state index contributed by atoms with van der Waals surface area (Å²) in [6.45, 7) is 4.19. The van der Waals surface area contributed by atoms with Gasteiger partial charge in [0.2, 0.25) is 5.91 Å². The standard InChI is InChI=1S/C21H28N4O2/c1-16-22-14-18(21(27)23-16)13-20(26)25-11-6-9-19(15-25)24(2)12-10-17-7-4-3-5-8-17/h3-5,7-8,14,19H,6,9-13,15H2,1-2H3,(H,22,23,27)/t19-/m0/s1. The van der Waals surface area contributed by atoms with Crippen LogP contribution in [0.15, 0.2) is 41.3 Å². The molecule has 0 unspecified atom stereocenters. The monoisotopic (exact) mass is 368 g/mol. The Bertz CT molecular complexity index is 818. The maximum absolute atomic E-state index is 12.7. The lowest BCUT2D eigenvalue weighted by molar-refractivity contribution is -0.132. The van der Waals surface area contributed by atoms with Crippen molar-refractivity contribution in [1.29, 1.82) is 0 Å². The SMILES string of the molecule is Cc1ncc(CC(=O)N2CCC[C@H](N(C)CCc3ccccc3)C2)c(=O)[nH]1. The van der Waals surface area contributed by atoms with E-state index in [0.717, 1.165) is 38.9 Å². The number of aromatic nitrogens is 2. The van der Waals surface area contributed by atoms with Crippen LogP contribution in [0.3, 0.4) is 0 Å². The van der Waals surface area contributed by atoms with Gasteiger partial charge in [-0.15, -0.1) is 0 Å². The molecule has 1 atom stereocenters. The third-order valence-electron chi connectivity index (χ3n) is 5.31. The number of piperidine rings is 1. The molecule has 0 radical (unpaired) electrons. The molecule has 2 aromatic rings. The second kappa shape index (κ2) is 8.95. The lowest BCUT2D eigenvalue weighted by Gasteiger charge is -2.37. The van der Waals surface area contributed by atoms with Crippen molar-refractivity contribution >= 4 is 5.91 Å². The van der Waals surface area contributed by atoms with Crippen molar-refractivity contribution in [3.63, 3.8) is 0 Å². The van der Waals surface area contributed by atoms with Gasteiger partial charge in [0.1, 0.15) is 5.82 Å². The Hall–Kier alpha value is -2.47. The number of carbonyl (C=O) groups excluding carboxylic acids is 1. The first-order valence-electron chi connectivity index (χ1n) is 9.59. The summed E-state index contributed by atoms with van der Waals surface area (Å²) in [6.07, 6.45) is 4.73. The van der Waals surface area contributed by atoms with E-state index < -0.39 is 0 Å². The second-order valence-electron chi connectivity index (χ2n) is 7.35. The number of aromatic amines is 1. The molecule has 1 saturated heterocycles. The quantitative estimate of drug-likeness (QED) is 0.844. The van der Waals surface area contributed by atoms with Crippen LogP contribution in [0.1, 0.15) is 29.8 Å². The summed E-state index contributed by atoms with van der Waals surface area (Å²) in [6, 6.07) is 10.8. The van der Waals surface area contributed by atoms with Crippen LogP contribution in [0, 0.1) is 6.92 Å². The summed E-state index contributed by atoms with van der Waals surface area (Å²) in [5.74, 6) is 0.571. The summed E-state index contributed by atoms with van der Waals surface area (Å²) in [5.41, 5.74) is 1.55. The number of H-pyrrole nitrogens is 1. The number of amides is 1. The molecule has 2 heterocycles. The topological polar surface area (TPSA) is 69.3 Å². The van der Waals surface area contributed by atoms with Gasteiger partial charge in [0.05, 0.1) is 6.42 Å². The van der Waals surface area contributed by atoms with Gasteiger partial charge in [-0.25, -0.2) is 4.98 Å². The van der Waals surface area contributed by atoms with Gasteiger partial charge in [-0.05, 0) is 38.8 Å². The van der Waals surface area contributed by atoms with E-state index >= 15 is 0 Å². The summed E-state index contributed by atoms with van der Waals surface area (Å²) in [7, 11) is 2.14. The average molecular weight is 368 g/mol. The molecule has 1 amide bonds. The number of nitrogens with one attached hydrogen (secondary N) is 1. The molecule has 1 fully saturated rings. The van der Waals surface area contributed by atoms with Gasteiger partial charge in [-0.3, -0.25) is 9.59 Å². The van der Waals surface area contributed by atoms with Crippen LogP contribution in [-0.4, -0.2) is 58.4 Å². The van der Waals surface area contributed by atoms with Crippen LogP contribution < -0.4 is 5.56 Å². The highest BCUT2D eigenvalue weighted by molar-refractivity contribution is 5.78. The summed E-state index contributed by atoms with van der Waals surface area (Å²) < 4.78 is 0. The van der Waals surface area contributed by atoms with Crippen molar-refractivity contribution in [2.24, 2.45) is 0 Å². The first-order chi connectivity index (χ1) is 13.0. The Morgan fingerprint density at radius 2 is 2.11 bits per heavy atom.